The molecule has 2 heterocycles. The number of hydrogen-bond acceptors (Lipinski definition) is 4. The molecule has 22 heavy (non-hydrogen) atoms. The highest BCUT2D eigenvalue weighted by Crippen LogP contribution is 2.30. The van der Waals surface area contributed by atoms with Crippen molar-refractivity contribution in [3.8, 4) is 0 Å². The molecule has 1 N–H and O–H groups in total. The summed E-state index contributed by atoms with van der Waals surface area (Å²) in [7, 11) is 0. The third kappa shape index (κ3) is 3.27. The van der Waals surface area contributed by atoms with Crippen molar-refractivity contribution >= 4 is 17.5 Å². The Morgan fingerprint density at radius 1 is 1.36 bits per heavy atom. The van der Waals surface area contributed by atoms with Crippen molar-refractivity contribution in [2.24, 2.45) is 0 Å². The lowest BCUT2D eigenvalue weighted by atomic mass is 10.1. The van der Waals surface area contributed by atoms with Crippen molar-refractivity contribution in [1.29, 1.82) is 0 Å². The normalized spacial score (nSPS) is 29.4. The number of benzene rings is 1. The fourth-order valence-corrected chi connectivity index (χ4v) is 3.15. The molecule has 0 saturated carbocycles. The van der Waals surface area contributed by atoms with Crippen molar-refractivity contribution in [2.45, 2.75) is 25.2 Å². The summed E-state index contributed by atoms with van der Waals surface area (Å²) in [6.45, 7) is 4.94. The van der Waals surface area contributed by atoms with E-state index in [-0.39, 0.29) is 18.1 Å². The molecule has 3 rings (SSSR count). The zero-order chi connectivity index (χ0) is 15.5. The van der Waals surface area contributed by atoms with Crippen LogP contribution in [0.1, 0.15) is 18.6 Å². The Balaban J connectivity index is 1.73. The first-order chi connectivity index (χ1) is 10.7. The van der Waals surface area contributed by atoms with Gasteiger partial charge in [0.25, 0.3) is 5.91 Å². The maximum atomic E-state index is 12.7. The summed E-state index contributed by atoms with van der Waals surface area (Å²) in [6, 6.07) is 7.66. The van der Waals surface area contributed by atoms with Gasteiger partial charge in [0, 0.05) is 23.7 Å². The van der Waals surface area contributed by atoms with E-state index >= 15 is 0 Å². The lowest BCUT2D eigenvalue weighted by Crippen LogP contribution is -2.55. The second-order valence-corrected chi connectivity index (χ2v) is 6.15. The number of carbonyl (C=O) groups excluding carboxylic acids is 1. The fraction of sp³-hybridized carbons (Fsp3) is 0.562. The van der Waals surface area contributed by atoms with Crippen LogP contribution in [0, 0.1) is 0 Å². The van der Waals surface area contributed by atoms with Crippen LogP contribution in [0.5, 0.6) is 0 Å². The number of rotatable bonds is 2. The Morgan fingerprint density at radius 2 is 2.18 bits per heavy atom. The number of nitrogens with one attached hydrogen (secondary N) is 1. The molecular formula is C16H21ClN2O3. The summed E-state index contributed by atoms with van der Waals surface area (Å²) in [5.41, 5.74) is 0.927. The van der Waals surface area contributed by atoms with Gasteiger partial charge in [0.1, 0.15) is 12.2 Å². The van der Waals surface area contributed by atoms with Crippen molar-refractivity contribution in [1.82, 2.24) is 10.2 Å². The van der Waals surface area contributed by atoms with Crippen LogP contribution in [0.15, 0.2) is 24.3 Å². The van der Waals surface area contributed by atoms with Gasteiger partial charge in [-0.3, -0.25) is 4.79 Å². The highest BCUT2D eigenvalue weighted by molar-refractivity contribution is 6.31. The average molecular weight is 325 g/mol. The van der Waals surface area contributed by atoms with E-state index < -0.39 is 6.10 Å². The van der Waals surface area contributed by atoms with Gasteiger partial charge in [-0.1, -0.05) is 29.8 Å². The number of hydrogen-bond donors (Lipinski definition) is 1. The summed E-state index contributed by atoms with van der Waals surface area (Å²) >= 11 is 6.25. The first kappa shape index (κ1) is 15.7. The summed E-state index contributed by atoms with van der Waals surface area (Å²) in [5, 5.41) is 3.87. The largest absolute Gasteiger partial charge is 0.369 e. The van der Waals surface area contributed by atoms with Gasteiger partial charge in [0.2, 0.25) is 0 Å². The third-order valence-electron chi connectivity index (χ3n) is 4.17. The monoisotopic (exact) mass is 324 g/mol. The van der Waals surface area contributed by atoms with Crippen LogP contribution in [0.4, 0.5) is 0 Å². The van der Waals surface area contributed by atoms with Gasteiger partial charge < -0.3 is 19.7 Å². The van der Waals surface area contributed by atoms with Crippen molar-refractivity contribution < 1.29 is 14.3 Å². The molecule has 2 saturated heterocycles. The van der Waals surface area contributed by atoms with Gasteiger partial charge in [0.05, 0.1) is 25.8 Å². The van der Waals surface area contributed by atoms with Gasteiger partial charge in [0.15, 0.2) is 0 Å². The van der Waals surface area contributed by atoms with Crippen LogP contribution in [-0.2, 0) is 14.3 Å². The lowest BCUT2D eigenvalue weighted by Gasteiger charge is -2.40. The molecule has 2 aliphatic rings. The lowest BCUT2D eigenvalue weighted by molar-refractivity contribution is -0.157. The molecule has 0 radical (unpaired) electrons. The molecule has 0 aromatic heterocycles. The van der Waals surface area contributed by atoms with Crippen LogP contribution >= 0.6 is 11.6 Å². The predicted octanol–water partition coefficient (Wildman–Crippen LogP) is 1.62. The van der Waals surface area contributed by atoms with Gasteiger partial charge in [-0.25, -0.2) is 0 Å². The zero-order valence-electron chi connectivity index (χ0n) is 12.6. The molecule has 6 heteroatoms. The van der Waals surface area contributed by atoms with E-state index in [1.165, 1.54) is 0 Å². The summed E-state index contributed by atoms with van der Waals surface area (Å²) < 4.78 is 11.5. The molecule has 2 fully saturated rings. The number of carbonyl (C=O) groups is 1. The van der Waals surface area contributed by atoms with Crippen LogP contribution in [0.25, 0.3) is 0 Å². The molecule has 2 aliphatic heterocycles. The van der Waals surface area contributed by atoms with Crippen molar-refractivity contribution in [3.63, 3.8) is 0 Å². The van der Waals surface area contributed by atoms with Crippen LogP contribution in [0.3, 0.4) is 0 Å². The SMILES string of the molecule is CC1COC(c2ccccc2Cl)CN1C(=O)C1CNCCO1. The first-order valence-corrected chi connectivity index (χ1v) is 8.03. The highest BCUT2D eigenvalue weighted by atomic mass is 35.5. The van der Waals surface area contributed by atoms with E-state index in [9.17, 15) is 4.79 Å². The predicted molar refractivity (Wildman–Crippen MR) is 83.9 cm³/mol. The van der Waals surface area contributed by atoms with Crippen molar-refractivity contribution in [3.05, 3.63) is 34.9 Å². The molecule has 0 bridgehead atoms. The van der Waals surface area contributed by atoms with E-state index in [1.54, 1.807) is 0 Å². The maximum absolute atomic E-state index is 12.7. The minimum absolute atomic E-state index is 0.0278. The van der Waals surface area contributed by atoms with Gasteiger partial charge in [-0.15, -0.1) is 0 Å². The second-order valence-electron chi connectivity index (χ2n) is 5.75. The minimum Gasteiger partial charge on any atom is -0.369 e. The standard InChI is InChI=1S/C16H21ClN2O3/c1-11-10-22-15(12-4-2-3-5-13(12)17)9-19(11)16(20)14-8-18-6-7-21-14/h2-5,11,14-15,18H,6-10H2,1H3. The smallest absolute Gasteiger partial charge is 0.253 e. The Labute approximate surface area is 135 Å². The van der Waals surface area contributed by atoms with E-state index in [1.807, 2.05) is 36.1 Å². The maximum Gasteiger partial charge on any atom is 0.253 e. The van der Waals surface area contributed by atoms with Crippen molar-refractivity contribution in [2.75, 3.05) is 32.8 Å². The summed E-state index contributed by atoms with van der Waals surface area (Å²) in [6.07, 6.45) is -0.591. The molecule has 1 aromatic carbocycles. The highest BCUT2D eigenvalue weighted by Gasteiger charge is 2.35. The second kappa shape index (κ2) is 6.96. The first-order valence-electron chi connectivity index (χ1n) is 7.65. The van der Waals surface area contributed by atoms with Crippen LogP contribution < -0.4 is 5.32 Å². The van der Waals surface area contributed by atoms with E-state index in [0.29, 0.717) is 31.3 Å². The fourth-order valence-electron chi connectivity index (χ4n) is 2.90. The Kier molecular flexibility index (Phi) is 4.98. The number of ether oxygens (including phenoxy) is 2. The summed E-state index contributed by atoms with van der Waals surface area (Å²) in [5.74, 6) is 0.0278. The van der Waals surface area contributed by atoms with Gasteiger partial charge in [-0.2, -0.15) is 0 Å². The minimum atomic E-state index is -0.402. The molecule has 3 unspecified atom stereocenters. The van der Waals surface area contributed by atoms with Crippen LogP contribution in [-0.4, -0.2) is 55.8 Å². The van der Waals surface area contributed by atoms with E-state index in [0.717, 1.165) is 12.1 Å². The average Bonchev–Trinajstić information content (AvgIpc) is 2.56. The number of amides is 1. The van der Waals surface area contributed by atoms with Gasteiger partial charge in [-0.05, 0) is 13.0 Å². The molecule has 1 amide bonds. The Bertz CT molecular complexity index is 534. The molecule has 120 valence electrons. The molecule has 5 nitrogen and oxygen atoms in total. The molecule has 0 spiro atoms. The summed E-state index contributed by atoms with van der Waals surface area (Å²) in [4.78, 5) is 14.6. The molecule has 1 aromatic rings. The van der Waals surface area contributed by atoms with E-state index in [4.69, 9.17) is 21.1 Å². The quantitative estimate of drug-likeness (QED) is 0.898. The topological polar surface area (TPSA) is 50.8 Å². The van der Waals surface area contributed by atoms with Gasteiger partial charge >= 0.3 is 0 Å². The molecule has 3 atom stereocenters. The molecular weight excluding hydrogens is 304 g/mol. The van der Waals surface area contributed by atoms with Crippen LogP contribution in [0.2, 0.25) is 5.02 Å². The van der Waals surface area contributed by atoms with E-state index in [2.05, 4.69) is 5.32 Å². The zero-order valence-corrected chi connectivity index (χ0v) is 13.4. The Hall–Kier alpha value is -1.14. The molecule has 0 aliphatic carbocycles. The Morgan fingerprint density at radius 3 is 2.91 bits per heavy atom. The number of nitrogens with zero attached hydrogens (tertiary/aromatic N) is 1. The third-order valence-corrected chi connectivity index (χ3v) is 4.52. The number of morpholine rings is 2. The number of halogens is 1.